The van der Waals surface area contributed by atoms with Crippen molar-refractivity contribution in [2.45, 2.75) is 13.3 Å². The number of benzene rings is 1. The van der Waals surface area contributed by atoms with E-state index in [1.807, 2.05) is 0 Å². The van der Waals surface area contributed by atoms with Gasteiger partial charge in [-0.15, -0.1) is 0 Å². The standard InChI is InChI=1S/C15H15N3O3/c1-2-14(19)17-12-7-5-11(6-8-12)15(20)18-16-10-13-4-3-9-21-13/h3-10H,2H2,1H3,(H,17,19)(H,18,20). The second-order valence-corrected chi connectivity index (χ2v) is 4.19. The summed E-state index contributed by atoms with van der Waals surface area (Å²) in [6, 6.07) is 10.0. The second-order valence-electron chi connectivity index (χ2n) is 4.19. The Kier molecular flexibility index (Phi) is 4.87. The summed E-state index contributed by atoms with van der Waals surface area (Å²) in [4.78, 5) is 23.1. The predicted molar refractivity (Wildman–Crippen MR) is 79.1 cm³/mol. The Labute approximate surface area is 121 Å². The van der Waals surface area contributed by atoms with Gasteiger partial charge in [-0.05, 0) is 36.4 Å². The minimum atomic E-state index is -0.342. The zero-order chi connectivity index (χ0) is 15.1. The first-order valence-corrected chi connectivity index (χ1v) is 6.46. The Balaban J connectivity index is 1.92. The van der Waals surface area contributed by atoms with E-state index in [-0.39, 0.29) is 11.8 Å². The van der Waals surface area contributed by atoms with Crippen LogP contribution in [0.25, 0.3) is 0 Å². The van der Waals surface area contributed by atoms with Crippen molar-refractivity contribution in [1.82, 2.24) is 5.43 Å². The van der Waals surface area contributed by atoms with Gasteiger partial charge in [0.1, 0.15) is 5.76 Å². The van der Waals surface area contributed by atoms with Gasteiger partial charge in [0.25, 0.3) is 5.91 Å². The molecule has 2 rings (SSSR count). The molecule has 2 amide bonds. The molecular formula is C15H15N3O3. The summed E-state index contributed by atoms with van der Waals surface area (Å²) in [6.07, 6.45) is 3.34. The summed E-state index contributed by atoms with van der Waals surface area (Å²) in [5.41, 5.74) is 3.49. The van der Waals surface area contributed by atoms with Crippen molar-refractivity contribution in [3.8, 4) is 0 Å². The molecular weight excluding hydrogens is 270 g/mol. The Morgan fingerprint density at radius 1 is 1.24 bits per heavy atom. The molecule has 2 N–H and O–H groups in total. The molecule has 0 aliphatic rings. The highest BCUT2D eigenvalue weighted by atomic mass is 16.3. The van der Waals surface area contributed by atoms with E-state index in [1.54, 1.807) is 43.3 Å². The van der Waals surface area contributed by atoms with Gasteiger partial charge in [0.2, 0.25) is 5.91 Å². The fourth-order valence-electron chi connectivity index (χ4n) is 1.54. The van der Waals surface area contributed by atoms with E-state index in [4.69, 9.17) is 4.42 Å². The molecule has 0 fully saturated rings. The van der Waals surface area contributed by atoms with Crippen LogP contribution >= 0.6 is 0 Å². The maximum absolute atomic E-state index is 11.8. The van der Waals surface area contributed by atoms with E-state index < -0.39 is 0 Å². The maximum atomic E-state index is 11.8. The number of anilines is 1. The first-order chi connectivity index (χ1) is 10.2. The smallest absolute Gasteiger partial charge is 0.271 e. The van der Waals surface area contributed by atoms with Crippen LogP contribution in [0.2, 0.25) is 0 Å². The molecule has 1 heterocycles. The lowest BCUT2D eigenvalue weighted by atomic mass is 10.2. The molecule has 6 nitrogen and oxygen atoms in total. The second kappa shape index (κ2) is 7.04. The van der Waals surface area contributed by atoms with Crippen LogP contribution < -0.4 is 10.7 Å². The number of carbonyl (C=O) groups is 2. The van der Waals surface area contributed by atoms with Crippen LogP contribution in [0.15, 0.2) is 52.2 Å². The van der Waals surface area contributed by atoms with Crippen LogP contribution in [0.3, 0.4) is 0 Å². The number of rotatable bonds is 5. The SMILES string of the molecule is CCC(=O)Nc1ccc(C(=O)NN=Cc2ccco2)cc1. The van der Waals surface area contributed by atoms with Gasteiger partial charge < -0.3 is 9.73 Å². The van der Waals surface area contributed by atoms with Gasteiger partial charge in [0.05, 0.1) is 12.5 Å². The number of furan rings is 1. The minimum absolute atomic E-state index is 0.0738. The summed E-state index contributed by atoms with van der Waals surface area (Å²) in [7, 11) is 0. The van der Waals surface area contributed by atoms with Gasteiger partial charge >= 0.3 is 0 Å². The number of hydrogen-bond donors (Lipinski definition) is 2. The number of nitrogens with one attached hydrogen (secondary N) is 2. The molecule has 2 aromatic rings. The summed E-state index contributed by atoms with van der Waals surface area (Å²) in [5, 5.41) is 6.49. The first-order valence-electron chi connectivity index (χ1n) is 6.46. The van der Waals surface area contributed by atoms with Crippen LogP contribution in [0, 0.1) is 0 Å². The summed E-state index contributed by atoms with van der Waals surface area (Å²) >= 11 is 0. The monoisotopic (exact) mass is 285 g/mol. The highest BCUT2D eigenvalue weighted by Gasteiger charge is 2.05. The molecule has 6 heteroatoms. The van der Waals surface area contributed by atoms with E-state index in [9.17, 15) is 9.59 Å². The molecule has 0 bridgehead atoms. The minimum Gasteiger partial charge on any atom is -0.463 e. The predicted octanol–water partition coefficient (Wildman–Crippen LogP) is 2.39. The van der Waals surface area contributed by atoms with Gasteiger partial charge in [-0.25, -0.2) is 5.43 Å². The lowest BCUT2D eigenvalue weighted by Crippen LogP contribution is -2.17. The number of carbonyl (C=O) groups excluding carboxylic acids is 2. The molecule has 0 radical (unpaired) electrons. The third-order valence-corrected chi connectivity index (χ3v) is 2.65. The van der Waals surface area contributed by atoms with Crippen LogP contribution in [-0.4, -0.2) is 18.0 Å². The van der Waals surface area contributed by atoms with E-state index >= 15 is 0 Å². The topological polar surface area (TPSA) is 83.7 Å². The van der Waals surface area contributed by atoms with Crippen LogP contribution in [0.1, 0.15) is 29.5 Å². The zero-order valence-corrected chi connectivity index (χ0v) is 11.5. The first kappa shape index (κ1) is 14.5. The average Bonchev–Trinajstić information content (AvgIpc) is 3.01. The quantitative estimate of drug-likeness (QED) is 0.653. The largest absolute Gasteiger partial charge is 0.463 e. The molecule has 0 saturated carbocycles. The highest BCUT2D eigenvalue weighted by Crippen LogP contribution is 2.09. The lowest BCUT2D eigenvalue weighted by molar-refractivity contribution is -0.115. The third kappa shape index (κ3) is 4.31. The summed E-state index contributed by atoms with van der Waals surface area (Å²) in [5.74, 6) is 0.134. The fraction of sp³-hybridized carbons (Fsp3) is 0.133. The number of nitrogens with zero attached hydrogens (tertiary/aromatic N) is 1. The third-order valence-electron chi connectivity index (χ3n) is 2.65. The maximum Gasteiger partial charge on any atom is 0.271 e. The van der Waals surface area contributed by atoms with Crippen molar-refractivity contribution < 1.29 is 14.0 Å². The lowest BCUT2D eigenvalue weighted by Gasteiger charge is -2.04. The van der Waals surface area contributed by atoms with E-state index in [1.165, 1.54) is 12.5 Å². The van der Waals surface area contributed by atoms with E-state index in [2.05, 4.69) is 15.8 Å². The highest BCUT2D eigenvalue weighted by molar-refractivity contribution is 5.96. The van der Waals surface area contributed by atoms with Gasteiger partial charge in [-0.2, -0.15) is 5.10 Å². The van der Waals surface area contributed by atoms with Crippen LogP contribution in [0.4, 0.5) is 5.69 Å². The number of hydrogen-bond acceptors (Lipinski definition) is 4. The van der Waals surface area contributed by atoms with Crippen molar-refractivity contribution in [3.05, 3.63) is 54.0 Å². The van der Waals surface area contributed by atoms with Crippen molar-refractivity contribution in [3.63, 3.8) is 0 Å². The molecule has 0 aliphatic heterocycles. The summed E-state index contributed by atoms with van der Waals surface area (Å²) in [6.45, 7) is 1.77. The Bertz CT molecular complexity index is 631. The van der Waals surface area contributed by atoms with Crippen molar-refractivity contribution in [1.29, 1.82) is 0 Å². The van der Waals surface area contributed by atoms with Gasteiger partial charge in [-0.1, -0.05) is 6.92 Å². The van der Waals surface area contributed by atoms with Crippen molar-refractivity contribution >= 4 is 23.7 Å². The number of hydrazone groups is 1. The van der Waals surface area contributed by atoms with Crippen molar-refractivity contribution in [2.24, 2.45) is 5.10 Å². The summed E-state index contributed by atoms with van der Waals surface area (Å²) < 4.78 is 5.04. The van der Waals surface area contributed by atoms with Crippen molar-refractivity contribution in [2.75, 3.05) is 5.32 Å². The molecule has 21 heavy (non-hydrogen) atoms. The Morgan fingerprint density at radius 2 is 2.00 bits per heavy atom. The molecule has 1 aromatic carbocycles. The molecule has 0 unspecified atom stereocenters. The number of amides is 2. The molecule has 0 saturated heterocycles. The van der Waals surface area contributed by atoms with Crippen LogP contribution in [0.5, 0.6) is 0 Å². The normalized spacial score (nSPS) is 10.5. The molecule has 108 valence electrons. The van der Waals surface area contributed by atoms with Gasteiger partial charge in [0, 0.05) is 17.7 Å². The van der Waals surface area contributed by atoms with Crippen LogP contribution in [-0.2, 0) is 4.79 Å². The average molecular weight is 285 g/mol. The fourth-order valence-corrected chi connectivity index (χ4v) is 1.54. The molecule has 1 aromatic heterocycles. The van der Waals surface area contributed by atoms with Gasteiger partial charge in [0.15, 0.2) is 0 Å². The van der Waals surface area contributed by atoms with Gasteiger partial charge in [-0.3, -0.25) is 9.59 Å². The molecule has 0 atom stereocenters. The Hall–Kier alpha value is -2.89. The Morgan fingerprint density at radius 3 is 2.62 bits per heavy atom. The zero-order valence-electron chi connectivity index (χ0n) is 11.5. The van der Waals surface area contributed by atoms with E-state index in [0.717, 1.165) is 0 Å². The molecule has 0 aliphatic carbocycles. The van der Waals surface area contributed by atoms with E-state index in [0.29, 0.717) is 23.4 Å². The molecule has 0 spiro atoms.